The van der Waals surface area contributed by atoms with Crippen LogP contribution in [0.25, 0.3) is 234 Å². The normalized spacial score (nSPS) is 13.5. The van der Waals surface area contributed by atoms with Crippen molar-refractivity contribution in [2.45, 2.75) is 57.8 Å². The largest absolute Gasteiger partial charge is 0.228 e. The first kappa shape index (κ1) is 75.5. The lowest BCUT2D eigenvalue weighted by Gasteiger charge is -2.24. The lowest BCUT2D eigenvalue weighted by Crippen LogP contribution is -2.17. The number of nitrogens with zero attached hydrogens (tertiary/aromatic N) is 6. The van der Waals surface area contributed by atoms with Crippen LogP contribution < -0.4 is 0 Å². The summed E-state index contributed by atoms with van der Waals surface area (Å²) in [6.07, 6.45) is 0. The first-order valence-corrected chi connectivity index (χ1v) is 44.8. The van der Waals surface area contributed by atoms with Crippen molar-refractivity contribution in [2.24, 2.45) is 0 Å². The maximum atomic E-state index is 5.30. The molecule has 606 valence electrons. The van der Waals surface area contributed by atoms with Gasteiger partial charge in [0.05, 0.1) is 34.2 Å². The van der Waals surface area contributed by atoms with Gasteiger partial charge in [0.25, 0.3) is 0 Å². The summed E-state index contributed by atoms with van der Waals surface area (Å²) in [6, 6.07) is 144. The van der Waals surface area contributed by atoms with Crippen LogP contribution in [-0.2, 0) is 16.2 Å². The Labute approximate surface area is 750 Å². The molecule has 129 heavy (non-hydrogen) atoms. The molecule has 3 aromatic heterocycles. The van der Waals surface area contributed by atoms with Crippen LogP contribution in [0.15, 0.2) is 400 Å². The van der Waals surface area contributed by atoms with Gasteiger partial charge in [-0.05, 0) is 161 Å². The number of hydrogen-bond donors (Lipinski definition) is 0. The zero-order valence-electron chi connectivity index (χ0n) is 72.3. The Kier molecular flexibility index (Phi) is 17.0. The molecule has 6 aliphatic carbocycles. The zero-order valence-corrected chi connectivity index (χ0v) is 72.3. The standard InChI is InChI=1S/3C41H28N2/c1-41(2)35-23-20-27(28-21-22-33-30-17-10-9-16-29(30)32-19-11-18-31(28)36(32)33)24-34(35)39-37(41)38(25-12-5-3-6-13-25)42-40(43-39)26-14-7-4-8-15-26;1-41(2)35-24-27(28-22-23-33-30-17-10-9-16-29(30)32-19-11-18-31(28)36(32)33)20-21-34(35)39-37(41)38(25-12-5-3-6-13-25)42-40(43-39)26-14-7-4-8-15-26;1-41(2)35-18-9-8-15-34(35)39-37(41)38(42-40(43-39)27-11-4-3-5-12-27)26-21-19-25(20-22-26)28-23-24-33-30-14-7-6-13-29(30)32-17-10-16-31(28)36(32)33/h3*3-24H,1-2H3. The van der Waals surface area contributed by atoms with Crippen LogP contribution in [0.4, 0.5) is 0 Å². The summed E-state index contributed by atoms with van der Waals surface area (Å²) < 4.78 is 0. The van der Waals surface area contributed by atoms with Gasteiger partial charge in [0, 0.05) is 83.0 Å². The average molecular weight is 1650 g/mol. The average Bonchev–Trinajstić information content (AvgIpc) is 1.57. The van der Waals surface area contributed by atoms with Crippen LogP contribution in [0.3, 0.4) is 0 Å². The second-order valence-corrected chi connectivity index (χ2v) is 36.5. The van der Waals surface area contributed by atoms with E-state index in [0.29, 0.717) is 0 Å². The van der Waals surface area contributed by atoms with Crippen LogP contribution in [0.1, 0.15) is 74.9 Å². The fourth-order valence-corrected chi connectivity index (χ4v) is 22.2. The second kappa shape index (κ2) is 29.0. The Morgan fingerprint density at radius 2 is 0.388 bits per heavy atom. The van der Waals surface area contributed by atoms with Gasteiger partial charge in [0.2, 0.25) is 0 Å². The third kappa shape index (κ3) is 11.6. The smallest absolute Gasteiger partial charge is 0.160 e. The highest BCUT2D eigenvalue weighted by atomic mass is 14.9. The van der Waals surface area contributed by atoms with Crippen LogP contribution in [0.2, 0.25) is 0 Å². The van der Waals surface area contributed by atoms with Gasteiger partial charge < -0.3 is 0 Å². The number of benzene rings is 18. The van der Waals surface area contributed by atoms with Crippen LogP contribution >= 0.6 is 0 Å². The van der Waals surface area contributed by atoms with Gasteiger partial charge >= 0.3 is 0 Å². The van der Waals surface area contributed by atoms with Gasteiger partial charge in [-0.1, -0.05) is 430 Å². The maximum Gasteiger partial charge on any atom is 0.160 e. The van der Waals surface area contributed by atoms with Gasteiger partial charge in [-0.3, -0.25) is 0 Å². The number of rotatable bonds is 9. The topological polar surface area (TPSA) is 77.3 Å². The summed E-state index contributed by atoms with van der Waals surface area (Å²) in [7, 11) is 0. The monoisotopic (exact) mass is 1640 g/mol. The molecule has 0 atom stereocenters. The number of fused-ring (bicyclic) bond motifs is 18. The Morgan fingerprint density at radius 1 is 0.147 bits per heavy atom. The summed E-state index contributed by atoms with van der Waals surface area (Å²) in [5.41, 5.74) is 46.2. The minimum absolute atomic E-state index is 0.207. The molecule has 0 fully saturated rings. The van der Waals surface area contributed by atoms with E-state index in [1.807, 2.05) is 18.2 Å². The Hall–Kier alpha value is -16.0. The van der Waals surface area contributed by atoms with E-state index in [1.54, 1.807) is 0 Å². The zero-order chi connectivity index (χ0) is 86.1. The van der Waals surface area contributed by atoms with Crippen molar-refractivity contribution in [3.8, 4) is 202 Å². The molecule has 0 bridgehead atoms. The van der Waals surface area contributed by atoms with E-state index < -0.39 is 0 Å². The molecule has 6 aliphatic rings. The van der Waals surface area contributed by atoms with E-state index in [1.165, 1.54) is 183 Å². The molecular formula is C123H84N6. The third-order valence-electron chi connectivity index (χ3n) is 28.3. The summed E-state index contributed by atoms with van der Waals surface area (Å²) in [5.74, 6) is 2.28. The van der Waals surface area contributed by atoms with E-state index in [9.17, 15) is 0 Å². The van der Waals surface area contributed by atoms with E-state index in [-0.39, 0.29) is 16.2 Å². The first-order chi connectivity index (χ1) is 63.3. The Balaban J connectivity index is 0.000000105. The molecule has 0 N–H and O–H groups in total. The Bertz CT molecular complexity index is 8150. The van der Waals surface area contributed by atoms with Gasteiger partial charge in [0.15, 0.2) is 17.5 Å². The number of aromatic nitrogens is 6. The lowest BCUT2D eigenvalue weighted by molar-refractivity contribution is 0.657. The van der Waals surface area contributed by atoms with Gasteiger partial charge in [-0.15, -0.1) is 0 Å². The molecular weight excluding hydrogens is 1560 g/mol. The highest BCUT2D eigenvalue weighted by Gasteiger charge is 2.44. The van der Waals surface area contributed by atoms with Crippen molar-refractivity contribution in [1.82, 2.24) is 29.9 Å². The molecule has 0 aliphatic heterocycles. The van der Waals surface area contributed by atoms with E-state index in [2.05, 4.69) is 424 Å². The van der Waals surface area contributed by atoms with Crippen LogP contribution in [-0.4, -0.2) is 29.9 Å². The van der Waals surface area contributed by atoms with Crippen LogP contribution in [0.5, 0.6) is 0 Å². The Morgan fingerprint density at radius 3 is 0.775 bits per heavy atom. The summed E-state index contributed by atoms with van der Waals surface area (Å²) in [4.78, 5) is 31.4. The lowest BCUT2D eigenvalue weighted by atomic mass is 9.79. The summed E-state index contributed by atoms with van der Waals surface area (Å²) in [6.45, 7) is 13.9. The molecule has 18 aromatic carbocycles. The SMILES string of the molecule is CC1(C)c2cc(-c3ccc4c5c(cccc35)-c3ccccc3-4)ccc2-c2nc(-c3ccccc3)nc(-c3ccccc3)c21.CC1(C)c2ccc(-c3ccc4c5c(cccc35)-c3ccccc3-4)cc2-c2nc(-c3ccccc3)nc(-c3ccccc3)c21.CC1(C)c2ccccc2-c2nc(-c3ccccc3)nc(-c3ccc(-c4ccc5c6c(cccc46)-c4ccccc4-5)cc3)c21. The van der Waals surface area contributed by atoms with Gasteiger partial charge in [0.1, 0.15) is 0 Å². The molecule has 0 amide bonds. The molecule has 21 aromatic rings. The van der Waals surface area contributed by atoms with Gasteiger partial charge in [-0.2, -0.15) is 0 Å². The van der Waals surface area contributed by atoms with E-state index >= 15 is 0 Å². The van der Waals surface area contributed by atoms with Crippen molar-refractivity contribution in [3.63, 3.8) is 0 Å². The second-order valence-electron chi connectivity index (χ2n) is 36.5. The fourth-order valence-electron chi connectivity index (χ4n) is 22.2. The van der Waals surface area contributed by atoms with Crippen molar-refractivity contribution < 1.29 is 0 Å². The number of hydrogen-bond acceptors (Lipinski definition) is 6. The first-order valence-electron chi connectivity index (χ1n) is 44.8. The highest BCUT2D eigenvalue weighted by molar-refractivity contribution is 6.22. The van der Waals surface area contributed by atoms with Crippen molar-refractivity contribution >= 4 is 32.3 Å². The molecule has 6 heteroatoms. The molecule has 0 spiro atoms. The quantitative estimate of drug-likeness (QED) is 0.143. The predicted octanol–water partition coefficient (Wildman–Crippen LogP) is 31.8. The molecule has 0 radical (unpaired) electrons. The molecule has 0 saturated carbocycles. The summed E-state index contributed by atoms with van der Waals surface area (Å²) in [5, 5.41) is 7.95. The minimum Gasteiger partial charge on any atom is -0.228 e. The third-order valence-corrected chi connectivity index (χ3v) is 28.3. The van der Waals surface area contributed by atoms with Crippen LogP contribution in [0, 0.1) is 0 Å². The maximum absolute atomic E-state index is 5.30. The minimum atomic E-state index is -0.272. The van der Waals surface area contributed by atoms with Crippen molar-refractivity contribution in [2.75, 3.05) is 0 Å². The van der Waals surface area contributed by atoms with E-state index in [4.69, 9.17) is 29.9 Å². The van der Waals surface area contributed by atoms with Crippen molar-refractivity contribution in [3.05, 3.63) is 434 Å². The molecule has 0 saturated heterocycles. The van der Waals surface area contributed by atoms with Crippen molar-refractivity contribution in [1.29, 1.82) is 0 Å². The highest BCUT2D eigenvalue weighted by Crippen LogP contribution is 2.59. The molecule has 27 rings (SSSR count). The molecule has 6 nitrogen and oxygen atoms in total. The molecule has 3 heterocycles. The predicted molar refractivity (Wildman–Crippen MR) is 534 cm³/mol. The molecule has 0 unspecified atom stereocenters. The van der Waals surface area contributed by atoms with E-state index in [0.717, 1.165) is 85.0 Å². The summed E-state index contributed by atoms with van der Waals surface area (Å²) >= 11 is 0. The fraction of sp³-hybridized carbons (Fsp3) is 0.0732. The van der Waals surface area contributed by atoms with Gasteiger partial charge in [-0.25, -0.2) is 29.9 Å².